The van der Waals surface area contributed by atoms with Gasteiger partial charge in [-0.25, -0.2) is 0 Å². The quantitative estimate of drug-likeness (QED) is 0.770. The van der Waals surface area contributed by atoms with E-state index in [0.717, 1.165) is 0 Å². The number of hydrogen-bond donors (Lipinski definition) is 3. The fourth-order valence-electron chi connectivity index (χ4n) is 1.29. The van der Waals surface area contributed by atoms with E-state index >= 15 is 0 Å². The zero-order valence-electron chi connectivity index (χ0n) is 10.2. The normalized spacial score (nSPS) is 12.3. The van der Waals surface area contributed by atoms with Crippen LogP contribution in [0.4, 0.5) is 5.69 Å². The van der Waals surface area contributed by atoms with E-state index in [-0.39, 0.29) is 17.4 Å². The average molecular weight is 270 g/mol. The Hall–Kier alpha value is -1.59. The Morgan fingerprint density at radius 1 is 1.33 bits per heavy atom. The summed E-state index contributed by atoms with van der Waals surface area (Å²) in [6.07, 6.45) is 0. The molecule has 1 rings (SSSR count). The topological polar surface area (TPSA) is 98.2 Å². The molecule has 98 valence electrons. The third-order valence-electron chi connectivity index (χ3n) is 2.53. The van der Waals surface area contributed by atoms with Gasteiger partial charge >= 0.3 is 0 Å². The molecule has 0 aliphatic carbocycles. The first-order chi connectivity index (χ1) is 8.32. The number of hydrogen-bond acceptors (Lipinski definition) is 3. The first-order valence-electron chi connectivity index (χ1n) is 5.48. The summed E-state index contributed by atoms with van der Waals surface area (Å²) in [6.45, 7) is 3.68. The number of carbonyl (C=O) groups is 2. The highest BCUT2D eigenvalue weighted by molar-refractivity contribution is 6.34. The lowest BCUT2D eigenvalue weighted by atomic mass is 10.0. The van der Waals surface area contributed by atoms with Crippen molar-refractivity contribution in [3.63, 3.8) is 0 Å². The molecule has 6 heteroatoms. The van der Waals surface area contributed by atoms with Gasteiger partial charge in [0, 0.05) is 5.56 Å². The smallest absolute Gasteiger partial charge is 0.248 e. The third kappa shape index (κ3) is 3.45. The molecule has 5 nitrogen and oxygen atoms in total. The van der Waals surface area contributed by atoms with E-state index in [0.29, 0.717) is 10.7 Å². The molecule has 0 heterocycles. The second-order valence-corrected chi connectivity index (χ2v) is 4.73. The van der Waals surface area contributed by atoms with Crippen LogP contribution in [0.2, 0.25) is 5.02 Å². The van der Waals surface area contributed by atoms with Crippen molar-refractivity contribution in [1.82, 2.24) is 0 Å². The summed E-state index contributed by atoms with van der Waals surface area (Å²) >= 11 is 5.92. The van der Waals surface area contributed by atoms with Crippen LogP contribution in [-0.4, -0.2) is 17.9 Å². The first kappa shape index (κ1) is 14.5. The Morgan fingerprint density at radius 2 is 1.94 bits per heavy atom. The fourth-order valence-corrected chi connectivity index (χ4v) is 1.46. The van der Waals surface area contributed by atoms with Crippen LogP contribution in [0.1, 0.15) is 24.2 Å². The molecule has 0 spiro atoms. The van der Waals surface area contributed by atoms with Crippen molar-refractivity contribution in [3.8, 4) is 0 Å². The minimum absolute atomic E-state index is 0.00287. The second kappa shape index (κ2) is 5.84. The van der Waals surface area contributed by atoms with E-state index in [1.807, 2.05) is 13.8 Å². The summed E-state index contributed by atoms with van der Waals surface area (Å²) in [4.78, 5) is 22.8. The average Bonchev–Trinajstić information content (AvgIpc) is 2.30. The minimum Gasteiger partial charge on any atom is -0.366 e. The van der Waals surface area contributed by atoms with Crippen molar-refractivity contribution in [2.24, 2.45) is 17.4 Å². The van der Waals surface area contributed by atoms with Crippen molar-refractivity contribution in [2.75, 3.05) is 5.32 Å². The number of nitrogens with one attached hydrogen (secondary N) is 1. The number of benzene rings is 1. The van der Waals surface area contributed by atoms with Crippen LogP contribution in [0.5, 0.6) is 0 Å². The number of amides is 2. The van der Waals surface area contributed by atoms with E-state index in [1.165, 1.54) is 18.2 Å². The highest BCUT2D eigenvalue weighted by Gasteiger charge is 2.18. The summed E-state index contributed by atoms with van der Waals surface area (Å²) in [5.74, 6) is -0.938. The number of carbonyl (C=O) groups excluding carboxylic acids is 2. The monoisotopic (exact) mass is 269 g/mol. The van der Waals surface area contributed by atoms with Gasteiger partial charge in [0.25, 0.3) is 0 Å². The first-order valence-corrected chi connectivity index (χ1v) is 5.86. The predicted octanol–water partition coefficient (Wildman–Crippen LogP) is 1.36. The van der Waals surface area contributed by atoms with Gasteiger partial charge in [-0.3, -0.25) is 9.59 Å². The van der Waals surface area contributed by atoms with Gasteiger partial charge in [-0.15, -0.1) is 0 Å². The van der Waals surface area contributed by atoms with E-state index < -0.39 is 11.9 Å². The molecule has 0 saturated heterocycles. The van der Waals surface area contributed by atoms with Crippen LogP contribution < -0.4 is 16.8 Å². The second-order valence-electron chi connectivity index (χ2n) is 4.32. The molecule has 0 bridgehead atoms. The van der Waals surface area contributed by atoms with Crippen molar-refractivity contribution >= 4 is 29.1 Å². The minimum atomic E-state index is -0.640. The molecule has 1 atom stereocenters. The van der Waals surface area contributed by atoms with Gasteiger partial charge in [0.2, 0.25) is 11.8 Å². The van der Waals surface area contributed by atoms with Gasteiger partial charge in [0.1, 0.15) is 0 Å². The van der Waals surface area contributed by atoms with Gasteiger partial charge in [0.15, 0.2) is 0 Å². The van der Waals surface area contributed by atoms with Crippen LogP contribution in [0, 0.1) is 5.92 Å². The maximum atomic E-state index is 11.8. The van der Waals surface area contributed by atoms with Crippen LogP contribution >= 0.6 is 11.6 Å². The lowest BCUT2D eigenvalue weighted by molar-refractivity contribution is -0.118. The fraction of sp³-hybridized carbons (Fsp3) is 0.333. The van der Waals surface area contributed by atoms with E-state index in [2.05, 4.69) is 5.32 Å². The molecule has 1 unspecified atom stereocenters. The molecule has 0 aromatic heterocycles. The van der Waals surface area contributed by atoms with Crippen molar-refractivity contribution in [1.29, 1.82) is 0 Å². The van der Waals surface area contributed by atoms with Crippen molar-refractivity contribution < 1.29 is 9.59 Å². The number of halogens is 1. The summed E-state index contributed by atoms with van der Waals surface area (Å²) < 4.78 is 0. The summed E-state index contributed by atoms with van der Waals surface area (Å²) in [5.41, 5.74) is 11.5. The Labute approximate surface area is 110 Å². The molecule has 0 saturated carbocycles. The summed E-state index contributed by atoms with van der Waals surface area (Å²) in [7, 11) is 0. The molecule has 0 aliphatic heterocycles. The molecular weight excluding hydrogens is 254 g/mol. The standard InChI is InChI=1S/C12H16ClN3O2/c1-6(2)10(14)12(18)16-9-5-7(11(15)17)3-4-8(9)13/h3-6,10H,14H2,1-2H3,(H2,15,17)(H,16,18). The van der Waals surface area contributed by atoms with E-state index in [1.54, 1.807) is 0 Å². The largest absolute Gasteiger partial charge is 0.366 e. The molecule has 1 aromatic rings. The molecule has 5 N–H and O–H groups in total. The maximum absolute atomic E-state index is 11.8. The Balaban J connectivity index is 2.93. The highest BCUT2D eigenvalue weighted by atomic mass is 35.5. The van der Waals surface area contributed by atoms with E-state index in [4.69, 9.17) is 23.1 Å². The van der Waals surface area contributed by atoms with Gasteiger partial charge in [-0.2, -0.15) is 0 Å². The predicted molar refractivity (Wildman–Crippen MR) is 71.4 cm³/mol. The van der Waals surface area contributed by atoms with Gasteiger partial charge in [-0.05, 0) is 24.1 Å². The van der Waals surface area contributed by atoms with Gasteiger partial charge in [0.05, 0.1) is 16.8 Å². The van der Waals surface area contributed by atoms with Gasteiger partial charge in [-0.1, -0.05) is 25.4 Å². The maximum Gasteiger partial charge on any atom is 0.248 e. The molecule has 2 amide bonds. The number of primary amides is 1. The Morgan fingerprint density at radius 3 is 2.44 bits per heavy atom. The Bertz CT molecular complexity index is 474. The van der Waals surface area contributed by atoms with Crippen LogP contribution in [0.3, 0.4) is 0 Å². The van der Waals surface area contributed by atoms with Crippen LogP contribution in [0.15, 0.2) is 18.2 Å². The van der Waals surface area contributed by atoms with Crippen LogP contribution in [0.25, 0.3) is 0 Å². The van der Waals surface area contributed by atoms with Gasteiger partial charge < -0.3 is 16.8 Å². The molecule has 0 radical (unpaired) electrons. The highest BCUT2D eigenvalue weighted by Crippen LogP contribution is 2.23. The lowest BCUT2D eigenvalue weighted by Gasteiger charge is -2.16. The zero-order chi connectivity index (χ0) is 13.9. The summed E-state index contributed by atoms with van der Waals surface area (Å²) in [6, 6.07) is 3.77. The molecule has 0 aliphatic rings. The van der Waals surface area contributed by atoms with Crippen molar-refractivity contribution in [2.45, 2.75) is 19.9 Å². The molecule has 18 heavy (non-hydrogen) atoms. The number of rotatable bonds is 4. The molecule has 1 aromatic carbocycles. The molecule has 0 fully saturated rings. The number of nitrogens with two attached hydrogens (primary N) is 2. The van der Waals surface area contributed by atoms with Crippen LogP contribution in [-0.2, 0) is 4.79 Å². The number of anilines is 1. The van der Waals surface area contributed by atoms with E-state index in [9.17, 15) is 9.59 Å². The Kier molecular flexibility index (Phi) is 4.69. The third-order valence-corrected chi connectivity index (χ3v) is 2.86. The SMILES string of the molecule is CC(C)C(N)C(=O)Nc1cc(C(N)=O)ccc1Cl. The van der Waals surface area contributed by atoms with Crippen molar-refractivity contribution in [3.05, 3.63) is 28.8 Å². The zero-order valence-corrected chi connectivity index (χ0v) is 11.0. The lowest BCUT2D eigenvalue weighted by Crippen LogP contribution is -2.39. The summed E-state index contributed by atoms with van der Waals surface area (Å²) in [5, 5.41) is 2.91. The molecular formula is C12H16ClN3O2.